The van der Waals surface area contributed by atoms with E-state index in [9.17, 15) is 25.0 Å². The molecule has 0 atom stereocenters. The van der Waals surface area contributed by atoms with Crippen LogP contribution in [0, 0.1) is 34.1 Å². The first-order valence-corrected chi connectivity index (χ1v) is 10.8. The minimum absolute atomic E-state index is 0.206. The van der Waals surface area contributed by atoms with Crippen LogP contribution in [-0.2, 0) is 0 Å². The molecule has 37 heavy (non-hydrogen) atoms. The van der Waals surface area contributed by atoms with Gasteiger partial charge < -0.3 is 16.0 Å². The van der Waals surface area contributed by atoms with Crippen LogP contribution in [0.25, 0.3) is 0 Å². The van der Waals surface area contributed by atoms with E-state index in [0.29, 0.717) is 34.7 Å². The van der Waals surface area contributed by atoms with Gasteiger partial charge in [-0.15, -0.1) is 0 Å². The van der Waals surface area contributed by atoms with Crippen LogP contribution in [0.3, 0.4) is 0 Å². The van der Waals surface area contributed by atoms with Crippen molar-refractivity contribution in [2.24, 2.45) is 0 Å². The molecule has 0 fully saturated rings. The first-order chi connectivity index (χ1) is 17.7. The average molecular weight is 500 g/mol. The van der Waals surface area contributed by atoms with Gasteiger partial charge in [0.1, 0.15) is 23.3 Å². The predicted octanol–water partition coefficient (Wildman–Crippen LogP) is 5.04. The number of pyridine rings is 1. The smallest absolute Gasteiger partial charge is 0.277 e. The number of hydrogen-bond donors (Lipinski definition) is 3. The first kappa shape index (κ1) is 24.7. The zero-order valence-electron chi connectivity index (χ0n) is 19.6. The summed E-state index contributed by atoms with van der Waals surface area (Å²) in [7, 11) is 0. The normalized spacial score (nSPS) is 10.4. The van der Waals surface area contributed by atoms with Crippen molar-refractivity contribution < 1.29 is 14.6 Å². The minimum Gasteiger partial charge on any atom is -0.340 e. The number of aromatic nitrogens is 3. The number of rotatable bonds is 8. The van der Waals surface area contributed by atoms with Crippen LogP contribution in [0.15, 0.2) is 66.9 Å². The van der Waals surface area contributed by atoms with Crippen molar-refractivity contribution in [3.05, 3.63) is 104 Å². The molecule has 4 aromatic rings. The second-order valence-corrected chi connectivity index (χ2v) is 7.94. The maximum Gasteiger partial charge on any atom is 0.277 e. The van der Waals surface area contributed by atoms with E-state index in [2.05, 4.69) is 30.9 Å². The van der Waals surface area contributed by atoms with Crippen LogP contribution in [-0.4, -0.2) is 30.7 Å². The fourth-order valence-electron chi connectivity index (χ4n) is 3.36. The lowest BCUT2D eigenvalue weighted by Gasteiger charge is -2.11. The largest absolute Gasteiger partial charge is 0.340 e. The standard InChI is InChI=1S/C24H20N8O5/c1-14-7-8-25-21(9-14)30-23-13-22(26-15(2)27-23)28-17-3-5-18(6-4-17)29-24(33)16-10-19(31(34)35)12-20(11-16)32(36)37/h3-13H,1-2H3,(H,29,33)(H2,25,26,27,28,30). The molecule has 2 aromatic heterocycles. The summed E-state index contributed by atoms with van der Waals surface area (Å²) in [5, 5.41) is 31.0. The van der Waals surface area contributed by atoms with Crippen molar-refractivity contribution in [1.82, 2.24) is 15.0 Å². The molecule has 13 heteroatoms. The summed E-state index contributed by atoms with van der Waals surface area (Å²) < 4.78 is 0. The average Bonchev–Trinajstić information content (AvgIpc) is 2.84. The summed E-state index contributed by atoms with van der Waals surface area (Å²) in [6.45, 7) is 3.72. The Morgan fingerprint density at radius 3 is 1.95 bits per heavy atom. The lowest BCUT2D eigenvalue weighted by atomic mass is 10.1. The molecular weight excluding hydrogens is 480 g/mol. The Bertz CT molecular complexity index is 1480. The van der Waals surface area contributed by atoms with Crippen molar-refractivity contribution in [3.63, 3.8) is 0 Å². The van der Waals surface area contributed by atoms with Crippen LogP contribution in [0.1, 0.15) is 21.7 Å². The fraction of sp³-hybridized carbons (Fsp3) is 0.0833. The van der Waals surface area contributed by atoms with Crippen molar-refractivity contribution in [1.29, 1.82) is 0 Å². The molecule has 4 rings (SSSR count). The Hall–Kier alpha value is -5.46. The Labute approximate surface area is 209 Å². The molecule has 0 radical (unpaired) electrons. The van der Waals surface area contributed by atoms with E-state index < -0.39 is 27.1 Å². The molecule has 2 aromatic carbocycles. The van der Waals surface area contributed by atoms with Crippen LogP contribution in [0.5, 0.6) is 0 Å². The van der Waals surface area contributed by atoms with Gasteiger partial charge in [0.15, 0.2) is 0 Å². The van der Waals surface area contributed by atoms with Gasteiger partial charge in [0.2, 0.25) is 0 Å². The number of carbonyl (C=O) groups excluding carboxylic acids is 1. The third-order valence-electron chi connectivity index (χ3n) is 5.01. The zero-order valence-corrected chi connectivity index (χ0v) is 19.6. The molecule has 13 nitrogen and oxygen atoms in total. The van der Waals surface area contributed by atoms with Gasteiger partial charge in [0.05, 0.1) is 21.5 Å². The van der Waals surface area contributed by atoms with Crippen LogP contribution in [0.2, 0.25) is 0 Å². The minimum atomic E-state index is -0.794. The third-order valence-corrected chi connectivity index (χ3v) is 5.01. The van der Waals surface area contributed by atoms with Crippen molar-refractivity contribution in [3.8, 4) is 0 Å². The first-order valence-electron chi connectivity index (χ1n) is 10.8. The van der Waals surface area contributed by atoms with E-state index in [1.807, 2.05) is 19.1 Å². The maximum atomic E-state index is 12.6. The number of nitrogens with one attached hydrogen (secondary N) is 3. The van der Waals surface area contributed by atoms with Crippen LogP contribution in [0.4, 0.5) is 40.2 Å². The van der Waals surface area contributed by atoms with Crippen molar-refractivity contribution in [2.75, 3.05) is 16.0 Å². The maximum absolute atomic E-state index is 12.6. The highest BCUT2D eigenvalue weighted by atomic mass is 16.6. The van der Waals surface area contributed by atoms with Gasteiger partial charge >= 0.3 is 0 Å². The Morgan fingerprint density at radius 2 is 1.35 bits per heavy atom. The quantitative estimate of drug-likeness (QED) is 0.219. The highest BCUT2D eigenvalue weighted by Crippen LogP contribution is 2.25. The molecule has 0 spiro atoms. The van der Waals surface area contributed by atoms with E-state index >= 15 is 0 Å². The summed E-state index contributed by atoms with van der Waals surface area (Å²) in [5.74, 6) is 1.55. The number of hydrogen-bond acceptors (Lipinski definition) is 10. The molecular formula is C24H20N8O5. The third kappa shape index (κ3) is 6.36. The summed E-state index contributed by atoms with van der Waals surface area (Å²) in [4.78, 5) is 46.2. The number of nitro benzene ring substituents is 2. The summed E-state index contributed by atoms with van der Waals surface area (Å²) >= 11 is 0. The Balaban J connectivity index is 1.46. The number of anilines is 5. The monoisotopic (exact) mass is 500 g/mol. The van der Waals surface area contributed by atoms with Gasteiger partial charge in [-0.25, -0.2) is 15.0 Å². The van der Waals surface area contributed by atoms with E-state index in [4.69, 9.17) is 0 Å². The zero-order chi connectivity index (χ0) is 26.5. The lowest BCUT2D eigenvalue weighted by Crippen LogP contribution is -2.12. The fourth-order valence-corrected chi connectivity index (χ4v) is 3.36. The number of non-ortho nitro benzene ring substituents is 2. The summed E-state index contributed by atoms with van der Waals surface area (Å²) in [6.07, 6.45) is 1.70. The van der Waals surface area contributed by atoms with E-state index in [-0.39, 0.29) is 5.56 Å². The number of amides is 1. The van der Waals surface area contributed by atoms with Gasteiger partial charge in [0.25, 0.3) is 17.3 Å². The van der Waals surface area contributed by atoms with Gasteiger partial charge in [-0.1, -0.05) is 0 Å². The summed E-state index contributed by atoms with van der Waals surface area (Å²) in [6, 6.07) is 14.9. The predicted molar refractivity (Wildman–Crippen MR) is 136 cm³/mol. The van der Waals surface area contributed by atoms with Gasteiger partial charge in [-0.05, 0) is 55.8 Å². The molecule has 1 amide bonds. The van der Waals surface area contributed by atoms with E-state index in [1.54, 1.807) is 43.5 Å². The highest BCUT2D eigenvalue weighted by molar-refractivity contribution is 6.05. The molecule has 0 saturated heterocycles. The molecule has 0 unspecified atom stereocenters. The van der Waals surface area contributed by atoms with Crippen molar-refractivity contribution >= 4 is 46.1 Å². The van der Waals surface area contributed by atoms with Gasteiger partial charge in [-0.3, -0.25) is 25.0 Å². The van der Waals surface area contributed by atoms with E-state index in [0.717, 1.165) is 23.8 Å². The number of aryl methyl sites for hydroxylation is 2. The molecule has 186 valence electrons. The summed E-state index contributed by atoms with van der Waals surface area (Å²) in [5.41, 5.74) is 0.801. The number of nitro groups is 2. The Kier molecular flexibility index (Phi) is 6.95. The van der Waals surface area contributed by atoms with Gasteiger partial charge in [0, 0.05) is 35.8 Å². The molecule has 0 bridgehead atoms. The van der Waals surface area contributed by atoms with E-state index in [1.165, 1.54) is 0 Å². The number of benzene rings is 2. The Morgan fingerprint density at radius 1 is 0.757 bits per heavy atom. The lowest BCUT2D eigenvalue weighted by molar-refractivity contribution is -0.394. The molecule has 0 saturated carbocycles. The number of nitrogens with zero attached hydrogens (tertiary/aromatic N) is 5. The van der Waals surface area contributed by atoms with Crippen LogP contribution >= 0.6 is 0 Å². The molecule has 3 N–H and O–H groups in total. The molecule has 0 aliphatic carbocycles. The van der Waals surface area contributed by atoms with Gasteiger partial charge in [-0.2, -0.15) is 0 Å². The molecule has 0 aliphatic rings. The van der Waals surface area contributed by atoms with Crippen LogP contribution < -0.4 is 16.0 Å². The second kappa shape index (κ2) is 10.4. The highest BCUT2D eigenvalue weighted by Gasteiger charge is 2.20. The molecule has 0 aliphatic heterocycles. The second-order valence-electron chi connectivity index (χ2n) is 7.94. The molecule has 2 heterocycles. The van der Waals surface area contributed by atoms with Crippen molar-refractivity contribution in [2.45, 2.75) is 13.8 Å². The SMILES string of the molecule is Cc1ccnc(Nc2cc(Nc3ccc(NC(=O)c4cc([N+](=O)[O-])cc([N+](=O)[O-])c4)cc3)nc(C)n2)c1. The number of carbonyl (C=O) groups is 1. The topological polar surface area (TPSA) is 178 Å².